The second-order valence-electron chi connectivity index (χ2n) is 12.7. The molecule has 0 saturated heterocycles. The molecule has 0 saturated carbocycles. The Labute approximate surface area is 249 Å². The zero-order valence-electron chi connectivity index (χ0n) is 27.0. The molecule has 0 radical (unpaired) electrons. The Kier molecular flexibility index (Phi) is 14.8. The summed E-state index contributed by atoms with van der Waals surface area (Å²) in [5, 5.41) is 0. The molecule has 0 spiro atoms. The van der Waals surface area contributed by atoms with E-state index < -0.39 is 0 Å². The normalized spacial score (nSPS) is 11.7. The summed E-state index contributed by atoms with van der Waals surface area (Å²) >= 11 is 0. The number of hydrogen-bond donors (Lipinski definition) is 0. The van der Waals surface area contributed by atoms with Gasteiger partial charge in [0.05, 0.1) is 32.0 Å². The highest BCUT2D eigenvalue weighted by molar-refractivity contribution is 5.84. The molecule has 0 aromatic heterocycles. The molecule has 0 atom stereocenters. The van der Waals surface area contributed by atoms with Crippen molar-refractivity contribution >= 4 is 18.4 Å². The Hall–Kier alpha value is -2.95. The van der Waals surface area contributed by atoms with E-state index in [0.29, 0.717) is 67.2 Å². The van der Waals surface area contributed by atoms with Gasteiger partial charge in [0.15, 0.2) is 6.29 Å². The molecule has 0 aliphatic carbocycles. The van der Waals surface area contributed by atoms with Crippen molar-refractivity contribution in [2.45, 2.75) is 88.0 Å². The minimum Gasteiger partial charge on any atom is -0.493 e. The molecule has 2 aromatic carbocycles. The van der Waals surface area contributed by atoms with E-state index in [1.54, 1.807) is 6.07 Å². The largest absolute Gasteiger partial charge is 0.493 e. The molecule has 0 unspecified atom stereocenters. The third kappa shape index (κ3) is 12.6. The first kappa shape index (κ1) is 34.3. The van der Waals surface area contributed by atoms with Crippen LogP contribution in [0, 0.1) is 30.6 Å². The molecule has 5 nitrogen and oxygen atoms in total. The highest BCUT2D eigenvalue weighted by Gasteiger charge is 2.14. The van der Waals surface area contributed by atoms with Crippen molar-refractivity contribution in [3.05, 3.63) is 46.5 Å². The Morgan fingerprint density at radius 1 is 0.512 bits per heavy atom. The second-order valence-corrected chi connectivity index (χ2v) is 12.7. The fourth-order valence-corrected chi connectivity index (χ4v) is 3.95. The van der Waals surface area contributed by atoms with E-state index in [1.165, 1.54) is 0 Å². The molecular weight excluding hydrogens is 512 g/mol. The van der Waals surface area contributed by atoms with Gasteiger partial charge in [-0.1, -0.05) is 67.5 Å². The lowest BCUT2D eigenvalue weighted by atomic mass is 10.0. The molecule has 2 aromatic rings. The summed E-state index contributed by atoms with van der Waals surface area (Å²) < 4.78 is 24.7. The monoisotopic (exact) mass is 566 g/mol. The van der Waals surface area contributed by atoms with E-state index in [9.17, 15) is 4.79 Å². The molecule has 0 heterocycles. The maximum absolute atomic E-state index is 12.0. The van der Waals surface area contributed by atoms with Crippen molar-refractivity contribution in [2.75, 3.05) is 26.4 Å². The van der Waals surface area contributed by atoms with Gasteiger partial charge in [-0.3, -0.25) is 4.79 Å². The zero-order valence-corrected chi connectivity index (χ0v) is 27.0. The van der Waals surface area contributed by atoms with Crippen LogP contribution in [-0.4, -0.2) is 32.7 Å². The summed E-state index contributed by atoms with van der Waals surface area (Å²) in [5.74, 6) is 5.11. The predicted molar refractivity (Wildman–Crippen MR) is 172 cm³/mol. The second kappa shape index (κ2) is 17.8. The van der Waals surface area contributed by atoms with Crippen molar-refractivity contribution in [1.82, 2.24) is 0 Å². The molecule has 0 aliphatic rings. The molecule has 0 N–H and O–H groups in total. The molecule has 0 fully saturated rings. The third-order valence-electron chi connectivity index (χ3n) is 6.83. The molecule has 0 bridgehead atoms. The topological polar surface area (TPSA) is 54.0 Å². The van der Waals surface area contributed by atoms with Crippen molar-refractivity contribution in [3.63, 3.8) is 0 Å². The van der Waals surface area contributed by atoms with Crippen LogP contribution in [0.2, 0.25) is 0 Å². The highest BCUT2D eigenvalue weighted by Crippen LogP contribution is 2.34. The number of carbonyl (C=O) groups excluding carboxylic acids is 1. The molecule has 228 valence electrons. The summed E-state index contributed by atoms with van der Waals surface area (Å²) in [4.78, 5) is 12.0. The number of carbonyl (C=O) groups is 1. The van der Waals surface area contributed by atoms with Crippen molar-refractivity contribution in [1.29, 1.82) is 0 Å². The molecule has 2 rings (SSSR count). The first-order valence-electron chi connectivity index (χ1n) is 15.5. The van der Waals surface area contributed by atoms with Crippen LogP contribution in [0.5, 0.6) is 23.0 Å². The molecule has 5 heteroatoms. The van der Waals surface area contributed by atoms with Gasteiger partial charge in [0.1, 0.15) is 23.0 Å². The fourth-order valence-electron chi connectivity index (χ4n) is 3.95. The fraction of sp³-hybridized carbons (Fsp3) is 0.583. The van der Waals surface area contributed by atoms with E-state index in [2.05, 4.69) is 74.4 Å². The Morgan fingerprint density at radius 3 is 1.22 bits per heavy atom. The number of hydrogen-bond acceptors (Lipinski definition) is 5. The standard InChI is InChI=1S/C36H54O5/c1-25(2)12-16-38-33-21-30(34(20-29(33)9)39-17-13-26(3)4)10-11-31-22-36(41-19-15-28(7)8)32(24-37)23-35(31)40-18-14-27(5)6/h10-11,20-28H,12-19H2,1-9H3. The SMILES string of the molecule is Cc1cc(OCCC(C)C)c(C=Cc2cc(OCCC(C)C)c(C=O)cc2OCCC(C)C)cc1OCCC(C)C. The van der Waals surface area contributed by atoms with Gasteiger partial charge in [0.25, 0.3) is 0 Å². The first-order valence-corrected chi connectivity index (χ1v) is 15.5. The van der Waals surface area contributed by atoms with Gasteiger partial charge < -0.3 is 18.9 Å². The van der Waals surface area contributed by atoms with Gasteiger partial charge in [0.2, 0.25) is 0 Å². The van der Waals surface area contributed by atoms with Crippen LogP contribution >= 0.6 is 0 Å². The molecule has 0 amide bonds. The van der Waals surface area contributed by atoms with Gasteiger partial charge in [-0.15, -0.1) is 0 Å². The lowest BCUT2D eigenvalue weighted by Gasteiger charge is -2.17. The summed E-state index contributed by atoms with van der Waals surface area (Å²) in [6, 6.07) is 7.85. The Balaban J connectivity index is 2.48. The van der Waals surface area contributed by atoms with E-state index in [0.717, 1.165) is 60.2 Å². The smallest absolute Gasteiger partial charge is 0.153 e. The van der Waals surface area contributed by atoms with Gasteiger partial charge >= 0.3 is 0 Å². The molecular formula is C36H54O5. The van der Waals surface area contributed by atoms with Gasteiger partial charge in [-0.2, -0.15) is 0 Å². The van der Waals surface area contributed by atoms with Crippen LogP contribution in [0.3, 0.4) is 0 Å². The maximum atomic E-state index is 12.0. The van der Waals surface area contributed by atoms with Gasteiger partial charge in [-0.25, -0.2) is 0 Å². The number of ether oxygens (including phenoxy) is 4. The van der Waals surface area contributed by atoms with Crippen LogP contribution in [-0.2, 0) is 0 Å². The lowest BCUT2D eigenvalue weighted by molar-refractivity contribution is 0.111. The Morgan fingerprint density at radius 2 is 0.829 bits per heavy atom. The van der Waals surface area contributed by atoms with Crippen LogP contribution in [0.15, 0.2) is 24.3 Å². The van der Waals surface area contributed by atoms with Crippen LogP contribution < -0.4 is 18.9 Å². The lowest BCUT2D eigenvalue weighted by Crippen LogP contribution is -2.06. The number of rotatable bonds is 19. The molecule has 41 heavy (non-hydrogen) atoms. The summed E-state index contributed by atoms with van der Waals surface area (Å²) in [7, 11) is 0. The van der Waals surface area contributed by atoms with Crippen LogP contribution in [0.1, 0.15) is 108 Å². The number of benzene rings is 2. The van der Waals surface area contributed by atoms with Crippen molar-refractivity contribution < 1.29 is 23.7 Å². The van der Waals surface area contributed by atoms with Gasteiger partial charge in [0, 0.05) is 11.1 Å². The highest BCUT2D eigenvalue weighted by atomic mass is 16.5. The quantitative estimate of drug-likeness (QED) is 0.125. The van der Waals surface area contributed by atoms with Crippen molar-refractivity contribution in [2.24, 2.45) is 23.7 Å². The first-order chi connectivity index (χ1) is 19.5. The third-order valence-corrected chi connectivity index (χ3v) is 6.83. The van der Waals surface area contributed by atoms with E-state index in [1.807, 2.05) is 18.2 Å². The zero-order chi connectivity index (χ0) is 30.4. The molecule has 0 aliphatic heterocycles. The summed E-state index contributed by atoms with van der Waals surface area (Å²) in [5.41, 5.74) is 3.35. The van der Waals surface area contributed by atoms with Gasteiger partial charge in [-0.05, 0) is 86.1 Å². The van der Waals surface area contributed by atoms with E-state index in [4.69, 9.17) is 18.9 Å². The van der Waals surface area contributed by atoms with E-state index >= 15 is 0 Å². The van der Waals surface area contributed by atoms with Crippen molar-refractivity contribution in [3.8, 4) is 23.0 Å². The minimum atomic E-state index is 0.499. The minimum absolute atomic E-state index is 0.499. The van der Waals surface area contributed by atoms with Crippen LogP contribution in [0.4, 0.5) is 0 Å². The predicted octanol–water partition coefficient (Wildman–Crippen LogP) is 9.68. The summed E-state index contributed by atoms with van der Waals surface area (Å²) in [6.45, 7) is 22.0. The maximum Gasteiger partial charge on any atom is 0.153 e. The number of aryl methyl sites for hydroxylation is 1. The average molecular weight is 567 g/mol. The summed E-state index contributed by atoms with van der Waals surface area (Å²) in [6.07, 6.45) is 8.72. The average Bonchev–Trinajstić information content (AvgIpc) is 2.89. The van der Waals surface area contributed by atoms with E-state index in [-0.39, 0.29) is 0 Å². The Bertz CT molecular complexity index is 1100. The van der Waals surface area contributed by atoms with Crippen LogP contribution in [0.25, 0.3) is 12.2 Å². The number of aldehydes is 1.